The Bertz CT molecular complexity index is 279. The molecule has 6 nitrogen and oxygen atoms in total. The number of nitrogens with zero attached hydrogens (tertiary/aromatic N) is 1. The standard InChI is InChI=1S/C9H14N2O4/c12-9(13)11-3-2-10-6-7(11)5-8-1-4-14-15-8/h1,7,10H,2-6H2,(H,12,13). The first-order valence-corrected chi connectivity index (χ1v) is 4.96. The summed E-state index contributed by atoms with van der Waals surface area (Å²) in [5, 5.41) is 12.2. The maximum Gasteiger partial charge on any atom is 0.407 e. The SMILES string of the molecule is O=C(O)N1CCNCC1CC1=CCOO1. The minimum atomic E-state index is -0.874. The summed E-state index contributed by atoms with van der Waals surface area (Å²) in [4.78, 5) is 22.0. The zero-order chi connectivity index (χ0) is 10.7. The third kappa shape index (κ3) is 2.40. The van der Waals surface area contributed by atoms with Crippen molar-refractivity contribution in [3.05, 3.63) is 11.8 Å². The highest BCUT2D eigenvalue weighted by Crippen LogP contribution is 2.18. The number of hydrogen-bond donors (Lipinski definition) is 2. The normalized spacial score (nSPS) is 26.0. The maximum absolute atomic E-state index is 10.9. The van der Waals surface area contributed by atoms with Crippen LogP contribution in [0.2, 0.25) is 0 Å². The summed E-state index contributed by atoms with van der Waals surface area (Å²) in [5.74, 6) is 0.718. The van der Waals surface area contributed by atoms with Crippen LogP contribution >= 0.6 is 0 Å². The summed E-state index contributed by atoms with van der Waals surface area (Å²) in [6.45, 7) is 2.34. The molecule has 0 bridgehead atoms. The van der Waals surface area contributed by atoms with E-state index in [4.69, 9.17) is 14.9 Å². The number of rotatable bonds is 2. The van der Waals surface area contributed by atoms with Crippen LogP contribution in [0.4, 0.5) is 4.79 Å². The Morgan fingerprint density at radius 1 is 1.73 bits per heavy atom. The summed E-state index contributed by atoms with van der Waals surface area (Å²) >= 11 is 0. The van der Waals surface area contributed by atoms with E-state index in [0.29, 0.717) is 32.7 Å². The maximum atomic E-state index is 10.9. The van der Waals surface area contributed by atoms with E-state index < -0.39 is 6.09 Å². The Balaban J connectivity index is 1.95. The highest BCUT2D eigenvalue weighted by Gasteiger charge is 2.28. The fourth-order valence-electron chi connectivity index (χ4n) is 1.82. The van der Waals surface area contributed by atoms with Gasteiger partial charge in [0.1, 0.15) is 12.4 Å². The number of piperazine rings is 1. The van der Waals surface area contributed by atoms with E-state index in [1.54, 1.807) is 0 Å². The van der Waals surface area contributed by atoms with E-state index in [0.717, 1.165) is 5.76 Å². The minimum Gasteiger partial charge on any atom is -0.465 e. The fraction of sp³-hybridized carbons (Fsp3) is 0.667. The second kappa shape index (κ2) is 4.50. The number of carboxylic acid groups (broad SMARTS) is 1. The van der Waals surface area contributed by atoms with Gasteiger partial charge in [-0.3, -0.25) is 0 Å². The van der Waals surface area contributed by atoms with E-state index >= 15 is 0 Å². The average Bonchev–Trinajstić information content (AvgIpc) is 2.71. The van der Waals surface area contributed by atoms with Gasteiger partial charge in [-0.25, -0.2) is 4.79 Å². The van der Waals surface area contributed by atoms with Gasteiger partial charge in [0.05, 0.1) is 6.04 Å². The Labute approximate surface area is 87.4 Å². The monoisotopic (exact) mass is 214 g/mol. The molecule has 2 N–H and O–H groups in total. The molecule has 1 amide bonds. The van der Waals surface area contributed by atoms with E-state index in [1.807, 2.05) is 6.08 Å². The second-order valence-corrected chi connectivity index (χ2v) is 3.58. The largest absolute Gasteiger partial charge is 0.465 e. The van der Waals surface area contributed by atoms with E-state index in [9.17, 15) is 4.79 Å². The number of nitrogens with one attached hydrogen (secondary N) is 1. The zero-order valence-electron chi connectivity index (χ0n) is 8.31. The molecule has 0 saturated carbocycles. The van der Waals surface area contributed by atoms with Gasteiger partial charge in [-0.15, -0.1) is 0 Å². The van der Waals surface area contributed by atoms with Crippen LogP contribution in [0, 0.1) is 0 Å². The van der Waals surface area contributed by atoms with Crippen LogP contribution in [0.1, 0.15) is 6.42 Å². The van der Waals surface area contributed by atoms with Crippen LogP contribution in [-0.2, 0) is 9.78 Å². The molecule has 1 unspecified atom stereocenters. The topological polar surface area (TPSA) is 71.0 Å². The second-order valence-electron chi connectivity index (χ2n) is 3.58. The van der Waals surface area contributed by atoms with Gasteiger partial charge in [-0.05, 0) is 6.08 Å². The summed E-state index contributed by atoms with van der Waals surface area (Å²) in [5.41, 5.74) is 0. The van der Waals surface area contributed by atoms with Crippen molar-refractivity contribution in [3.63, 3.8) is 0 Å². The van der Waals surface area contributed by atoms with Crippen LogP contribution < -0.4 is 5.32 Å². The van der Waals surface area contributed by atoms with Crippen molar-refractivity contribution in [1.82, 2.24) is 10.2 Å². The fourth-order valence-corrected chi connectivity index (χ4v) is 1.82. The Morgan fingerprint density at radius 3 is 3.27 bits per heavy atom. The molecular weight excluding hydrogens is 200 g/mol. The smallest absolute Gasteiger partial charge is 0.407 e. The van der Waals surface area contributed by atoms with Gasteiger partial charge in [0.25, 0.3) is 0 Å². The van der Waals surface area contributed by atoms with Crippen molar-refractivity contribution >= 4 is 6.09 Å². The molecule has 84 valence electrons. The first-order valence-electron chi connectivity index (χ1n) is 4.96. The molecular formula is C9H14N2O4. The van der Waals surface area contributed by atoms with Crippen molar-refractivity contribution in [2.45, 2.75) is 12.5 Å². The molecule has 6 heteroatoms. The van der Waals surface area contributed by atoms with Gasteiger partial charge in [0.15, 0.2) is 0 Å². The van der Waals surface area contributed by atoms with Crippen LogP contribution in [-0.4, -0.2) is 48.4 Å². The number of amides is 1. The van der Waals surface area contributed by atoms with Crippen molar-refractivity contribution in [1.29, 1.82) is 0 Å². The molecule has 2 aliphatic rings. The molecule has 0 spiro atoms. The van der Waals surface area contributed by atoms with Gasteiger partial charge >= 0.3 is 6.09 Å². The first kappa shape index (κ1) is 10.3. The van der Waals surface area contributed by atoms with Gasteiger partial charge in [-0.1, -0.05) is 0 Å². The third-order valence-corrected chi connectivity index (χ3v) is 2.58. The molecule has 0 aliphatic carbocycles. The Hall–Kier alpha value is -1.27. The lowest BCUT2D eigenvalue weighted by atomic mass is 10.1. The molecule has 1 atom stereocenters. The predicted molar refractivity (Wildman–Crippen MR) is 51.1 cm³/mol. The van der Waals surface area contributed by atoms with Crippen molar-refractivity contribution in [2.75, 3.05) is 26.2 Å². The molecule has 2 rings (SSSR count). The number of hydrogen-bond acceptors (Lipinski definition) is 4. The van der Waals surface area contributed by atoms with Crippen molar-refractivity contribution in [2.24, 2.45) is 0 Å². The van der Waals surface area contributed by atoms with Crippen molar-refractivity contribution < 1.29 is 19.7 Å². The minimum absolute atomic E-state index is 0.0656. The molecule has 1 fully saturated rings. The van der Waals surface area contributed by atoms with Crippen LogP contribution in [0.25, 0.3) is 0 Å². The Kier molecular flexibility index (Phi) is 3.08. The highest BCUT2D eigenvalue weighted by molar-refractivity contribution is 5.65. The molecule has 0 radical (unpaired) electrons. The molecule has 15 heavy (non-hydrogen) atoms. The molecule has 0 aromatic carbocycles. The lowest BCUT2D eigenvalue weighted by molar-refractivity contribution is -0.236. The van der Waals surface area contributed by atoms with Gasteiger partial charge < -0.3 is 20.2 Å². The molecule has 0 aromatic rings. The van der Waals surface area contributed by atoms with Gasteiger partial charge in [0, 0.05) is 26.1 Å². The average molecular weight is 214 g/mol. The van der Waals surface area contributed by atoms with Crippen LogP contribution in [0.15, 0.2) is 11.8 Å². The van der Waals surface area contributed by atoms with E-state index in [2.05, 4.69) is 5.32 Å². The van der Waals surface area contributed by atoms with Gasteiger partial charge in [0.2, 0.25) is 0 Å². The number of carbonyl (C=O) groups is 1. The highest BCUT2D eigenvalue weighted by atomic mass is 17.2. The first-order chi connectivity index (χ1) is 7.27. The summed E-state index contributed by atoms with van der Waals surface area (Å²) in [6, 6.07) is -0.0656. The zero-order valence-corrected chi connectivity index (χ0v) is 8.31. The molecule has 2 aliphatic heterocycles. The van der Waals surface area contributed by atoms with E-state index in [1.165, 1.54) is 4.90 Å². The summed E-state index contributed by atoms with van der Waals surface area (Å²) in [7, 11) is 0. The summed E-state index contributed by atoms with van der Waals surface area (Å²) in [6.07, 6.45) is 1.52. The van der Waals surface area contributed by atoms with Gasteiger partial charge in [-0.2, -0.15) is 4.89 Å². The van der Waals surface area contributed by atoms with Crippen molar-refractivity contribution in [3.8, 4) is 0 Å². The Morgan fingerprint density at radius 2 is 2.60 bits per heavy atom. The van der Waals surface area contributed by atoms with Crippen LogP contribution in [0.5, 0.6) is 0 Å². The molecule has 2 heterocycles. The lowest BCUT2D eigenvalue weighted by Gasteiger charge is -2.33. The predicted octanol–water partition coefficient (Wildman–Crippen LogP) is 0.174. The van der Waals surface area contributed by atoms with E-state index in [-0.39, 0.29) is 6.04 Å². The lowest BCUT2D eigenvalue weighted by Crippen LogP contribution is -2.53. The van der Waals surface area contributed by atoms with Crippen LogP contribution in [0.3, 0.4) is 0 Å². The molecule has 0 aromatic heterocycles. The summed E-state index contributed by atoms with van der Waals surface area (Å²) < 4.78 is 0. The molecule has 1 saturated heterocycles. The quantitative estimate of drug-likeness (QED) is 0.641. The third-order valence-electron chi connectivity index (χ3n) is 2.58.